The van der Waals surface area contributed by atoms with E-state index >= 15 is 0 Å². The highest BCUT2D eigenvalue weighted by molar-refractivity contribution is 7.91. The zero-order chi connectivity index (χ0) is 16.3. The maximum absolute atomic E-state index is 13.4. The summed E-state index contributed by atoms with van der Waals surface area (Å²) in [4.78, 5) is 9.73. The van der Waals surface area contributed by atoms with E-state index in [0.29, 0.717) is 11.6 Å². The van der Waals surface area contributed by atoms with Crippen LogP contribution in [0.3, 0.4) is 0 Å². The van der Waals surface area contributed by atoms with Crippen molar-refractivity contribution >= 4 is 33.0 Å². The average Bonchev–Trinajstić information content (AvgIpc) is 2.42. The number of sulfonamides is 1. The minimum absolute atomic E-state index is 0.245. The van der Waals surface area contributed by atoms with Gasteiger partial charge in [0, 0.05) is 12.1 Å². The normalized spacial score (nSPS) is 11.2. The van der Waals surface area contributed by atoms with Crippen LogP contribution in [-0.4, -0.2) is 13.3 Å². The van der Waals surface area contributed by atoms with Crippen molar-refractivity contribution in [2.24, 2.45) is 0 Å². The molecule has 0 unspecified atom stereocenters. The van der Waals surface area contributed by atoms with Crippen LogP contribution in [0.4, 0.5) is 15.8 Å². The average molecular weight is 345 g/mol. The van der Waals surface area contributed by atoms with E-state index in [4.69, 9.17) is 11.6 Å². The fourth-order valence-corrected chi connectivity index (χ4v) is 3.21. The van der Waals surface area contributed by atoms with Gasteiger partial charge in [0.05, 0.1) is 21.4 Å². The molecule has 0 bridgehead atoms. The molecule has 0 aliphatic carbocycles. The van der Waals surface area contributed by atoms with Crippen molar-refractivity contribution in [2.75, 3.05) is 4.72 Å². The van der Waals surface area contributed by atoms with Gasteiger partial charge in [-0.25, -0.2) is 8.42 Å². The zero-order valence-corrected chi connectivity index (χ0v) is 12.6. The van der Waals surface area contributed by atoms with Crippen LogP contribution < -0.4 is 4.72 Å². The third kappa shape index (κ3) is 3.92. The molecule has 6 nitrogen and oxygen atoms in total. The lowest BCUT2D eigenvalue weighted by Gasteiger charge is -2.10. The Labute approximate surface area is 130 Å². The number of benzene rings is 2. The summed E-state index contributed by atoms with van der Waals surface area (Å²) in [7, 11) is -3.84. The topological polar surface area (TPSA) is 89.3 Å². The van der Waals surface area contributed by atoms with E-state index in [1.165, 1.54) is 0 Å². The van der Waals surface area contributed by atoms with Crippen LogP contribution in [0.1, 0.15) is 5.56 Å². The number of nitrogens with zero attached hydrogens (tertiary/aromatic N) is 1. The van der Waals surface area contributed by atoms with E-state index in [0.717, 1.165) is 6.07 Å². The van der Waals surface area contributed by atoms with Gasteiger partial charge >= 0.3 is 5.69 Å². The standard InChI is InChI=1S/C13H10ClFN2O4S/c14-10-6-11(15)13(17(18)19)7-12(10)16-22(20,21)8-9-4-2-1-3-5-9/h1-7,16H,8H2. The maximum atomic E-state index is 13.4. The quantitative estimate of drug-likeness (QED) is 0.665. The van der Waals surface area contributed by atoms with Crippen LogP contribution >= 0.6 is 11.6 Å². The van der Waals surface area contributed by atoms with Crippen LogP contribution in [-0.2, 0) is 15.8 Å². The monoisotopic (exact) mass is 344 g/mol. The molecule has 2 aromatic carbocycles. The molecular formula is C13H10ClFN2O4S. The van der Waals surface area contributed by atoms with Gasteiger partial charge in [0.15, 0.2) is 0 Å². The van der Waals surface area contributed by atoms with Crippen molar-refractivity contribution in [1.82, 2.24) is 0 Å². The molecule has 0 saturated heterocycles. The Morgan fingerprint density at radius 1 is 1.23 bits per heavy atom. The van der Waals surface area contributed by atoms with Gasteiger partial charge in [0.2, 0.25) is 15.8 Å². The molecule has 0 amide bonds. The van der Waals surface area contributed by atoms with Crippen molar-refractivity contribution in [3.63, 3.8) is 0 Å². The van der Waals surface area contributed by atoms with Gasteiger partial charge in [0.25, 0.3) is 0 Å². The number of hydrogen-bond acceptors (Lipinski definition) is 4. The number of anilines is 1. The summed E-state index contributed by atoms with van der Waals surface area (Å²) in [6.45, 7) is 0. The highest BCUT2D eigenvalue weighted by atomic mass is 35.5. The SMILES string of the molecule is O=[N+]([O-])c1cc(NS(=O)(=O)Cc2ccccc2)c(Cl)cc1F. The van der Waals surface area contributed by atoms with Gasteiger partial charge in [-0.1, -0.05) is 41.9 Å². The first kappa shape index (κ1) is 16.2. The Balaban J connectivity index is 2.30. The van der Waals surface area contributed by atoms with E-state index < -0.39 is 26.5 Å². The molecule has 0 fully saturated rings. The molecule has 2 aromatic rings. The second kappa shape index (κ2) is 6.29. The Morgan fingerprint density at radius 3 is 2.45 bits per heavy atom. The van der Waals surface area contributed by atoms with Gasteiger partial charge in [0.1, 0.15) is 0 Å². The predicted molar refractivity (Wildman–Crippen MR) is 80.8 cm³/mol. The van der Waals surface area contributed by atoms with Gasteiger partial charge < -0.3 is 0 Å². The van der Waals surface area contributed by atoms with Crippen LogP contribution in [0, 0.1) is 15.9 Å². The Hall–Kier alpha value is -2.19. The van der Waals surface area contributed by atoms with Crippen LogP contribution in [0.25, 0.3) is 0 Å². The van der Waals surface area contributed by atoms with Gasteiger partial charge in [-0.15, -0.1) is 0 Å². The highest BCUT2D eigenvalue weighted by Gasteiger charge is 2.20. The molecule has 0 atom stereocenters. The van der Waals surface area contributed by atoms with Crippen molar-refractivity contribution in [3.05, 3.63) is 69.0 Å². The largest absolute Gasteiger partial charge is 0.306 e. The summed E-state index contributed by atoms with van der Waals surface area (Å²) in [6.07, 6.45) is 0. The molecule has 22 heavy (non-hydrogen) atoms. The summed E-state index contributed by atoms with van der Waals surface area (Å²) in [5.74, 6) is -1.48. The molecule has 9 heteroatoms. The van der Waals surface area contributed by atoms with Gasteiger partial charge in [-0.05, 0) is 5.56 Å². The molecule has 0 aliphatic rings. The number of nitro groups is 1. The maximum Gasteiger partial charge on any atom is 0.306 e. The molecule has 116 valence electrons. The molecule has 0 spiro atoms. The molecule has 1 N–H and O–H groups in total. The summed E-state index contributed by atoms with van der Waals surface area (Å²) in [6, 6.07) is 9.78. The highest BCUT2D eigenvalue weighted by Crippen LogP contribution is 2.30. The van der Waals surface area contributed by atoms with E-state index in [1.807, 2.05) is 0 Å². The van der Waals surface area contributed by atoms with Crippen LogP contribution in [0.2, 0.25) is 5.02 Å². The fraction of sp³-hybridized carbons (Fsp3) is 0.0769. The predicted octanol–water partition coefficient (Wildman–Crippen LogP) is 3.33. The Kier molecular flexibility index (Phi) is 4.62. The molecular weight excluding hydrogens is 335 g/mol. The lowest BCUT2D eigenvalue weighted by Crippen LogP contribution is -2.15. The first-order chi connectivity index (χ1) is 10.3. The first-order valence-corrected chi connectivity index (χ1v) is 7.99. The molecule has 0 aromatic heterocycles. The van der Waals surface area contributed by atoms with E-state index in [1.54, 1.807) is 30.3 Å². The zero-order valence-electron chi connectivity index (χ0n) is 11.0. The van der Waals surface area contributed by atoms with Crippen molar-refractivity contribution < 1.29 is 17.7 Å². The number of rotatable bonds is 5. The molecule has 2 rings (SSSR count). The van der Waals surface area contributed by atoms with E-state index in [2.05, 4.69) is 4.72 Å². The minimum Gasteiger partial charge on any atom is -0.281 e. The van der Waals surface area contributed by atoms with Crippen LogP contribution in [0.5, 0.6) is 0 Å². The summed E-state index contributed by atoms with van der Waals surface area (Å²) < 4.78 is 39.6. The van der Waals surface area contributed by atoms with E-state index in [9.17, 15) is 22.9 Å². The van der Waals surface area contributed by atoms with Gasteiger partial charge in [-0.3, -0.25) is 14.8 Å². The lowest BCUT2D eigenvalue weighted by atomic mass is 10.2. The second-order valence-corrected chi connectivity index (χ2v) is 6.52. The first-order valence-electron chi connectivity index (χ1n) is 5.96. The molecule has 0 radical (unpaired) electrons. The summed E-state index contributed by atoms with van der Waals surface area (Å²) >= 11 is 5.73. The summed E-state index contributed by atoms with van der Waals surface area (Å²) in [5.41, 5.74) is -0.574. The molecule has 0 heterocycles. The summed E-state index contributed by atoms with van der Waals surface area (Å²) in [5, 5.41) is 10.4. The number of nitrogens with one attached hydrogen (secondary N) is 1. The lowest BCUT2D eigenvalue weighted by molar-refractivity contribution is -0.387. The Morgan fingerprint density at radius 2 is 1.86 bits per heavy atom. The molecule has 0 saturated carbocycles. The van der Waals surface area contributed by atoms with Crippen molar-refractivity contribution in [2.45, 2.75) is 5.75 Å². The van der Waals surface area contributed by atoms with Crippen molar-refractivity contribution in [1.29, 1.82) is 0 Å². The van der Waals surface area contributed by atoms with Crippen LogP contribution in [0.15, 0.2) is 42.5 Å². The smallest absolute Gasteiger partial charge is 0.281 e. The number of nitro benzene ring substituents is 1. The number of halogens is 2. The second-order valence-electron chi connectivity index (χ2n) is 4.39. The fourth-order valence-electron chi connectivity index (χ4n) is 1.75. The third-order valence-electron chi connectivity index (χ3n) is 2.70. The number of hydrogen-bond donors (Lipinski definition) is 1. The van der Waals surface area contributed by atoms with E-state index in [-0.39, 0.29) is 16.5 Å². The third-order valence-corrected chi connectivity index (χ3v) is 4.26. The van der Waals surface area contributed by atoms with Crippen molar-refractivity contribution in [3.8, 4) is 0 Å². The molecule has 0 aliphatic heterocycles. The van der Waals surface area contributed by atoms with Gasteiger partial charge in [-0.2, -0.15) is 4.39 Å². The Bertz CT molecular complexity index is 812. The minimum atomic E-state index is -3.84.